The number of nitrogens with zero attached hydrogens (tertiary/aromatic N) is 3. The zero-order valence-electron chi connectivity index (χ0n) is 13.6. The van der Waals surface area contributed by atoms with Gasteiger partial charge in [-0.3, -0.25) is 14.3 Å². The molecule has 11 heteroatoms. The van der Waals surface area contributed by atoms with Gasteiger partial charge < -0.3 is 4.90 Å². The number of carbonyl (C=O) groups excluding carboxylic acids is 1. The number of imidazole rings is 1. The molecule has 1 saturated heterocycles. The van der Waals surface area contributed by atoms with E-state index in [4.69, 9.17) is 0 Å². The summed E-state index contributed by atoms with van der Waals surface area (Å²) in [6.07, 6.45) is -4.13. The number of pyridine rings is 1. The molecule has 6 nitrogen and oxygen atoms in total. The summed E-state index contributed by atoms with van der Waals surface area (Å²) in [7, 11) is 0. The van der Waals surface area contributed by atoms with Crippen molar-refractivity contribution in [2.24, 2.45) is 0 Å². The predicted molar refractivity (Wildman–Crippen MR) is 90.1 cm³/mol. The monoisotopic (exact) mass is 400 g/mol. The third kappa shape index (κ3) is 3.22. The minimum absolute atomic E-state index is 0.00511. The van der Waals surface area contributed by atoms with Crippen LogP contribution >= 0.6 is 11.3 Å². The van der Waals surface area contributed by atoms with Gasteiger partial charge in [-0.25, -0.2) is 14.2 Å². The fraction of sp³-hybridized carbons (Fsp3) is 0.312. The maximum Gasteiger partial charge on any atom is 0.425 e. The van der Waals surface area contributed by atoms with Gasteiger partial charge in [0.1, 0.15) is 17.6 Å². The lowest BCUT2D eigenvalue weighted by atomic mass is 10.2. The van der Waals surface area contributed by atoms with Crippen LogP contribution in [0.1, 0.15) is 4.88 Å². The number of fused-ring (bicyclic) bond motifs is 1. The van der Waals surface area contributed by atoms with Gasteiger partial charge >= 0.3 is 11.9 Å². The number of H-pyrrole nitrogens is 1. The predicted octanol–water partition coefficient (Wildman–Crippen LogP) is 2.65. The van der Waals surface area contributed by atoms with Crippen LogP contribution < -0.4 is 5.69 Å². The van der Waals surface area contributed by atoms with Crippen molar-refractivity contribution in [2.45, 2.75) is 18.9 Å². The van der Waals surface area contributed by atoms with Crippen LogP contribution in [0.5, 0.6) is 0 Å². The van der Waals surface area contributed by atoms with Crippen LogP contribution in [0, 0.1) is 0 Å². The molecule has 0 saturated carbocycles. The number of nitrogens with one attached hydrogen (secondary N) is 1. The van der Waals surface area contributed by atoms with E-state index in [2.05, 4.69) is 9.97 Å². The number of rotatable bonds is 3. The Hall–Kier alpha value is -2.69. The lowest BCUT2D eigenvalue weighted by Gasteiger charge is -2.34. The Bertz CT molecular complexity index is 1080. The molecule has 0 aliphatic carbocycles. The van der Waals surface area contributed by atoms with E-state index >= 15 is 0 Å². The molecule has 0 bridgehead atoms. The Labute approximate surface area is 153 Å². The molecule has 142 valence electrons. The van der Waals surface area contributed by atoms with Gasteiger partial charge in [-0.2, -0.15) is 13.2 Å². The fourth-order valence-corrected chi connectivity index (χ4v) is 3.69. The number of aromatic amines is 1. The second kappa shape index (κ2) is 6.19. The van der Waals surface area contributed by atoms with Crippen molar-refractivity contribution < 1.29 is 22.4 Å². The molecule has 27 heavy (non-hydrogen) atoms. The Morgan fingerprint density at radius 1 is 1.33 bits per heavy atom. The highest BCUT2D eigenvalue weighted by molar-refractivity contribution is 7.15. The summed E-state index contributed by atoms with van der Waals surface area (Å²) in [5.74, 6) is -0.409. The first kappa shape index (κ1) is 17.7. The third-order valence-corrected chi connectivity index (χ3v) is 5.46. The van der Waals surface area contributed by atoms with Crippen LogP contribution in [0.4, 0.5) is 17.6 Å². The summed E-state index contributed by atoms with van der Waals surface area (Å²) in [6.45, 7) is -0.307. The highest BCUT2D eigenvalue weighted by Crippen LogP contribution is 2.38. The Morgan fingerprint density at radius 3 is 2.70 bits per heavy atom. The van der Waals surface area contributed by atoms with Gasteiger partial charge in [0.25, 0.3) is 0 Å². The van der Waals surface area contributed by atoms with Crippen LogP contribution in [0.15, 0.2) is 29.2 Å². The van der Waals surface area contributed by atoms with Crippen molar-refractivity contribution in [1.82, 2.24) is 19.4 Å². The van der Waals surface area contributed by atoms with Gasteiger partial charge in [-0.15, -0.1) is 11.3 Å². The molecule has 0 spiro atoms. The first-order chi connectivity index (χ1) is 12.7. The second-order valence-electron chi connectivity index (χ2n) is 6.17. The van der Waals surface area contributed by atoms with E-state index in [1.165, 1.54) is 23.2 Å². The van der Waals surface area contributed by atoms with Crippen LogP contribution in [0.3, 0.4) is 0 Å². The molecule has 1 aliphatic rings. The number of likely N-dealkylation sites (tertiary alicyclic amines) is 1. The zero-order valence-corrected chi connectivity index (χ0v) is 14.4. The molecular weight excluding hydrogens is 388 g/mol. The summed E-state index contributed by atoms with van der Waals surface area (Å²) >= 11 is 0.566. The van der Waals surface area contributed by atoms with E-state index in [-0.39, 0.29) is 25.3 Å². The number of aromatic nitrogens is 3. The topological polar surface area (TPSA) is 71.0 Å². The van der Waals surface area contributed by atoms with Crippen molar-refractivity contribution in [3.8, 4) is 10.4 Å². The molecule has 3 aromatic heterocycles. The number of halogens is 4. The van der Waals surface area contributed by atoms with E-state index in [9.17, 15) is 27.2 Å². The molecule has 3 aromatic rings. The first-order valence-electron chi connectivity index (χ1n) is 7.90. The van der Waals surface area contributed by atoms with Gasteiger partial charge in [-0.1, -0.05) is 0 Å². The number of alkyl halides is 4. The standard InChI is InChI=1S/C16H12F4N4O2S/c17-9-5-23(6-9)13(25)7-24-10-3-8(4-21-14(10)22-15(24)26)11-1-2-12(27-11)16(18,19)20/h1-4,9H,5-7H2,(H,21,22,26). The van der Waals surface area contributed by atoms with E-state index in [0.29, 0.717) is 27.3 Å². The van der Waals surface area contributed by atoms with Crippen molar-refractivity contribution in [3.05, 3.63) is 39.8 Å². The molecule has 0 atom stereocenters. The molecule has 0 aromatic carbocycles. The van der Waals surface area contributed by atoms with E-state index < -0.39 is 28.8 Å². The number of amides is 1. The van der Waals surface area contributed by atoms with Gasteiger partial charge in [-0.05, 0) is 18.2 Å². The number of hydrogen-bond acceptors (Lipinski definition) is 4. The molecular formula is C16H12F4N4O2S. The average Bonchev–Trinajstić information content (AvgIpc) is 3.17. The Morgan fingerprint density at radius 2 is 2.07 bits per heavy atom. The highest BCUT2D eigenvalue weighted by Gasteiger charge is 2.33. The van der Waals surface area contributed by atoms with Crippen LogP contribution in [0.25, 0.3) is 21.6 Å². The molecule has 1 fully saturated rings. The summed E-state index contributed by atoms with van der Waals surface area (Å²) in [6, 6.07) is 3.82. The van der Waals surface area contributed by atoms with Crippen molar-refractivity contribution in [3.63, 3.8) is 0 Å². The lowest BCUT2D eigenvalue weighted by molar-refractivity contribution is -0.138. The molecule has 4 heterocycles. The minimum Gasteiger partial charge on any atom is -0.335 e. The molecule has 1 N–H and O–H groups in total. The van der Waals surface area contributed by atoms with Gasteiger partial charge in [0.05, 0.1) is 18.6 Å². The zero-order chi connectivity index (χ0) is 19.3. The molecule has 1 amide bonds. The summed E-state index contributed by atoms with van der Waals surface area (Å²) < 4.78 is 52.5. The summed E-state index contributed by atoms with van der Waals surface area (Å²) in [5.41, 5.74) is 0.347. The highest BCUT2D eigenvalue weighted by atomic mass is 32.1. The normalized spacial score (nSPS) is 15.3. The number of carbonyl (C=O) groups is 1. The van der Waals surface area contributed by atoms with Crippen LogP contribution in [0.2, 0.25) is 0 Å². The maximum absolute atomic E-state index is 12.9. The maximum atomic E-state index is 12.9. The average molecular weight is 400 g/mol. The lowest BCUT2D eigenvalue weighted by Crippen LogP contribution is -2.52. The van der Waals surface area contributed by atoms with Crippen LogP contribution in [-0.4, -0.2) is 44.6 Å². The van der Waals surface area contributed by atoms with Gasteiger partial charge in [0, 0.05) is 16.6 Å². The molecule has 0 radical (unpaired) electrons. The fourth-order valence-electron chi connectivity index (χ4n) is 2.83. The minimum atomic E-state index is -4.44. The van der Waals surface area contributed by atoms with Crippen molar-refractivity contribution >= 4 is 28.4 Å². The molecule has 0 unspecified atom stereocenters. The largest absolute Gasteiger partial charge is 0.425 e. The summed E-state index contributed by atoms with van der Waals surface area (Å²) in [5, 5.41) is 0. The Kier molecular flexibility index (Phi) is 4.06. The number of hydrogen-bond donors (Lipinski definition) is 1. The second-order valence-corrected chi connectivity index (χ2v) is 7.25. The van der Waals surface area contributed by atoms with Crippen molar-refractivity contribution in [2.75, 3.05) is 13.1 Å². The quantitative estimate of drug-likeness (QED) is 0.688. The Balaban J connectivity index is 1.68. The van der Waals surface area contributed by atoms with Crippen molar-refractivity contribution in [1.29, 1.82) is 0 Å². The first-order valence-corrected chi connectivity index (χ1v) is 8.72. The number of thiophene rings is 1. The smallest absolute Gasteiger partial charge is 0.335 e. The van der Waals surface area contributed by atoms with Gasteiger partial charge in [0.2, 0.25) is 5.91 Å². The van der Waals surface area contributed by atoms with E-state index in [1.807, 2.05) is 0 Å². The molecule has 1 aliphatic heterocycles. The molecule has 4 rings (SSSR count). The third-order valence-electron chi connectivity index (χ3n) is 4.28. The van der Waals surface area contributed by atoms with Gasteiger partial charge in [0.15, 0.2) is 5.65 Å². The van der Waals surface area contributed by atoms with Crippen LogP contribution in [-0.2, 0) is 17.5 Å². The SMILES string of the molecule is O=C(Cn1c(=O)[nH]c2ncc(-c3ccc(C(F)(F)F)s3)cc21)N1CC(F)C1. The summed E-state index contributed by atoms with van der Waals surface area (Å²) in [4.78, 5) is 31.7. The van der Waals surface area contributed by atoms with E-state index in [1.54, 1.807) is 0 Å². The van der Waals surface area contributed by atoms with E-state index in [0.717, 1.165) is 10.6 Å².